The number of carbonyl (C=O) groups is 3. The molecule has 0 saturated heterocycles. The number of nitrogens with one attached hydrogen (secondary N) is 2. The van der Waals surface area contributed by atoms with Crippen LogP contribution in [0.1, 0.15) is 39.6 Å². The Hall–Kier alpha value is -3.98. The average Bonchev–Trinajstić information content (AvgIpc) is 2.88. The third-order valence-electron chi connectivity index (χ3n) is 4.58. The molecule has 0 unspecified atom stereocenters. The molecule has 8 nitrogen and oxygen atoms in total. The van der Waals surface area contributed by atoms with E-state index in [1.54, 1.807) is 72.8 Å². The minimum atomic E-state index is -0.518. The van der Waals surface area contributed by atoms with Crippen LogP contribution >= 0.6 is 15.9 Å². The quantitative estimate of drug-likeness (QED) is 0.173. The van der Waals surface area contributed by atoms with Gasteiger partial charge in [0, 0.05) is 15.6 Å². The number of amides is 2. The summed E-state index contributed by atoms with van der Waals surface area (Å²) in [5, 5.41) is 6.44. The predicted molar refractivity (Wildman–Crippen MR) is 136 cm³/mol. The van der Waals surface area contributed by atoms with Gasteiger partial charge >= 0.3 is 5.97 Å². The molecule has 0 bridgehead atoms. The largest absolute Gasteiger partial charge is 0.494 e. The summed E-state index contributed by atoms with van der Waals surface area (Å²) in [6.07, 6.45) is 2.24. The first kappa shape index (κ1) is 25.6. The first-order valence-corrected chi connectivity index (χ1v) is 11.7. The fraction of sp³-hybridized carbons (Fsp3) is 0.154. The lowest BCUT2D eigenvalue weighted by Crippen LogP contribution is -2.34. The summed E-state index contributed by atoms with van der Waals surface area (Å²) >= 11 is 3.36. The summed E-state index contributed by atoms with van der Waals surface area (Å²) in [5.74, 6) is -0.473. The number of benzene rings is 3. The lowest BCUT2D eigenvalue weighted by molar-refractivity contribution is -0.120. The highest BCUT2D eigenvalue weighted by molar-refractivity contribution is 9.10. The van der Waals surface area contributed by atoms with Crippen molar-refractivity contribution >= 4 is 39.9 Å². The number of halogens is 1. The maximum Gasteiger partial charge on any atom is 0.343 e. The monoisotopic (exact) mass is 537 g/mol. The highest BCUT2D eigenvalue weighted by atomic mass is 79.9. The molecule has 0 saturated carbocycles. The van der Waals surface area contributed by atoms with Crippen molar-refractivity contribution in [3.8, 4) is 11.5 Å². The molecule has 0 radical (unpaired) electrons. The molecule has 2 amide bonds. The summed E-state index contributed by atoms with van der Waals surface area (Å²) in [5.41, 5.74) is 3.63. The van der Waals surface area contributed by atoms with Gasteiger partial charge in [-0.25, -0.2) is 10.2 Å². The molecule has 180 valence electrons. The topological polar surface area (TPSA) is 106 Å². The van der Waals surface area contributed by atoms with Gasteiger partial charge in [-0.05, 0) is 61.0 Å². The van der Waals surface area contributed by atoms with Crippen LogP contribution in [0.4, 0.5) is 0 Å². The summed E-state index contributed by atoms with van der Waals surface area (Å²) in [7, 11) is 0. The molecule has 0 aliphatic heterocycles. The van der Waals surface area contributed by atoms with Crippen LogP contribution in [-0.2, 0) is 4.79 Å². The van der Waals surface area contributed by atoms with Crippen LogP contribution in [0.3, 0.4) is 0 Å². The number of carbonyl (C=O) groups excluding carboxylic acids is 3. The second-order valence-corrected chi connectivity index (χ2v) is 8.20. The normalized spacial score (nSPS) is 10.6. The summed E-state index contributed by atoms with van der Waals surface area (Å²) in [6.45, 7) is 2.34. The van der Waals surface area contributed by atoms with Gasteiger partial charge in [0.2, 0.25) is 0 Å². The van der Waals surface area contributed by atoms with Crippen molar-refractivity contribution in [1.82, 2.24) is 10.7 Å². The number of nitrogens with zero attached hydrogens (tertiary/aromatic N) is 1. The van der Waals surface area contributed by atoms with Gasteiger partial charge in [0.1, 0.15) is 11.5 Å². The van der Waals surface area contributed by atoms with Crippen LogP contribution in [0.2, 0.25) is 0 Å². The van der Waals surface area contributed by atoms with Crippen LogP contribution < -0.4 is 20.2 Å². The zero-order valence-electron chi connectivity index (χ0n) is 19.0. The van der Waals surface area contributed by atoms with Gasteiger partial charge in [0.15, 0.2) is 0 Å². The minimum Gasteiger partial charge on any atom is -0.494 e. The standard InChI is InChI=1S/C26H24BrN3O5/c1-2-14-34-22-11-8-18(9-12-22)25(32)28-17-24(31)30-29-16-20-15-21(27)10-13-23(20)35-26(33)19-6-4-3-5-7-19/h3-13,15-16H,2,14,17H2,1H3,(H,28,32)(H,30,31)/b29-16-. The summed E-state index contributed by atoms with van der Waals surface area (Å²) < 4.78 is 11.7. The Kier molecular flexibility index (Phi) is 9.56. The van der Waals surface area contributed by atoms with E-state index in [9.17, 15) is 14.4 Å². The van der Waals surface area contributed by atoms with Crippen LogP contribution in [0.25, 0.3) is 0 Å². The van der Waals surface area contributed by atoms with Crippen molar-refractivity contribution in [2.45, 2.75) is 13.3 Å². The van der Waals surface area contributed by atoms with Crippen LogP contribution in [0.5, 0.6) is 11.5 Å². The zero-order chi connectivity index (χ0) is 25.0. The molecular weight excluding hydrogens is 514 g/mol. The van der Waals surface area contributed by atoms with Gasteiger partial charge in [-0.15, -0.1) is 0 Å². The Morgan fingerprint density at radius 3 is 2.43 bits per heavy atom. The Morgan fingerprint density at radius 1 is 0.971 bits per heavy atom. The number of rotatable bonds is 10. The molecule has 0 atom stereocenters. The molecule has 3 aromatic rings. The highest BCUT2D eigenvalue weighted by Crippen LogP contribution is 2.23. The van der Waals surface area contributed by atoms with E-state index in [0.29, 0.717) is 29.0 Å². The van der Waals surface area contributed by atoms with E-state index in [2.05, 4.69) is 31.8 Å². The summed E-state index contributed by atoms with van der Waals surface area (Å²) in [6, 6.07) is 20.3. The molecule has 0 aromatic heterocycles. The van der Waals surface area contributed by atoms with E-state index in [1.165, 1.54) is 6.21 Å². The maximum absolute atomic E-state index is 12.4. The molecule has 0 spiro atoms. The number of hydrazone groups is 1. The van der Waals surface area contributed by atoms with Crippen LogP contribution in [0.15, 0.2) is 82.4 Å². The van der Waals surface area contributed by atoms with Crippen LogP contribution in [-0.4, -0.2) is 37.1 Å². The minimum absolute atomic E-state index is 0.265. The molecule has 9 heteroatoms. The van der Waals surface area contributed by atoms with Crippen molar-refractivity contribution in [3.05, 3.63) is 94.0 Å². The first-order chi connectivity index (χ1) is 17.0. The Balaban J connectivity index is 1.53. The number of ether oxygens (including phenoxy) is 2. The van der Waals surface area contributed by atoms with Gasteiger partial charge in [-0.2, -0.15) is 5.10 Å². The molecule has 3 aromatic carbocycles. The molecular formula is C26H24BrN3O5. The SMILES string of the molecule is CCCOc1ccc(C(=O)NCC(=O)N/N=C\c2cc(Br)ccc2OC(=O)c2ccccc2)cc1. The van der Waals surface area contributed by atoms with Crippen molar-refractivity contribution in [2.24, 2.45) is 5.10 Å². The smallest absolute Gasteiger partial charge is 0.343 e. The fourth-order valence-corrected chi connectivity index (χ4v) is 3.22. The van der Waals surface area contributed by atoms with E-state index in [4.69, 9.17) is 9.47 Å². The Bertz CT molecular complexity index is 1200. The van der Waals surface area contributed by atoms with E-state index < -0.39 is 17.8 Å². The van der Waals surface area contributed by atoms with Gasteiger partial charge < -0.3 is 14.8 Å². The molecule has 0 heterocycles. The van der Waals surface area contributed by atoms with Crippen molar-refractivity contribution in [1.29, 1.82) is 0 Å². The molecule has 3 rings (SSSR count). The summed E-state index contributed by atoms with van der Waals surface area (Å²) in [4.78, 5) is 36.7. The molecule has 0 fully saturated rings. The second kappa shape index (κ2) is 13.0. The van der Waals surface area contributed by atoms with Gasteiger partial charge in [0.25, 0.3) is 11.8 Å². The molecule has 2 N–H and O–H groups in total. The van der Waals surface area contributed by atoms with Crippen molar-refractivity contribution in [3.63, 3.8) is 0 Å². The molecule has 35 heavy (non-hydrogen) atoms. The number of hydrogen-bond acceptors (Lipinski definition) is 6. The van der Waals surface area contributed by atoms with Gasteiger partial charge in [-0.3, -0.25) is 9.59 Å². The fourth-order valence-electron chi connectivity index (χ4n) is 2.84. The third kappa shape index (κ3) is 8.08. The van der Waals surface area contributed by atoms with E-state index in [1.807, 2.05) is 6.92 Å². The lowest BCUT2D eigenvalue weighted by atomic mass is 10.2. The van der Waals surface area contributed by atoms with Gasteiger partial charge in [-0.1, -0.05) is 41.1 Å². The Labute approximate surface area is 211 Å². The predicted octanol–water partition coefficient (Wildman–Crippen LogP) is 4.34. The average molecular weight is 538 g/mol. The van der Waals surface area contributed by atoms with Crippen molar-refractivity contribution < 1.29 is 23.9 Å². The highest BCUT2D eigenvalue weighted by Gasteiger charge is 2.12. The first-order valence-electron chi connectivity index (χ1n) is 10.9. The molecule has 0 aliphatic rings. The number of hydrogen-bond donors (Lipinski definition) is 2. The van der Waals surface area contributed by atoms with Crippen LogP contribution in [0, 0.1) is 0 Å². The zero-order valence-corrected chi connectivity index (χ0v) is 20.6. The number of esters is 1. The molecule has 0 aliphatic carbocycles. The second-order valence-electron chi connectivity index (χ2n) is 7.29. The van der Waals surface area contributed by atoms with E-state index in [-0.39, 0.29) is 12.3 Å². The maximum atomic E-state index is 12.4. The van der Waals surface area contributed by atoms with Crippen molar-refractivity contribution in [2.75, 3.05) is 13.2 Å². The van der Waals surface area contributed by atoms with E-state index in [0.717, 1.165) is 10.9 Å². The third-order valence-corrected chi connectivity index (χ3v) is 5.07. The van der Waals surface area contributed by atoms with E-state index >= 15 is 0 Å². The van der Waals surface area contributed by atoms with Gasteiger partial charge in [0.05, 0.1) is 24.9 Å². The Morgan fingerprint density at radius 2 is 1.71 bits per heavy atom. The lowest BCUT2D eigenvalue weighted by Gasteiger charge is -2.08.